The second kappa shape index (κ2) is 8.08. The van der Waals surface area contributed by atoms with Crippen LogP contribution in [0.1, 0.15) is 78.8 Å². The van der Waals surface area contributed by atoms with Crippen LogP contribution in [-0.2, 0) is 0 Å². The fourth-order valence-electron chi connectivity index (χ4n) is 6.60. The van der Waals surface area contributed by atoms with Crippen molar-refractivity contribution in [1.29, 1.82) is 0 Å². The molecule has 0 amide bonds. The summed E-state index contributed by atoms with van der Waals surface area (Å²) in [4.78, 5) is 0. The van der Waals surface area contributed by atoms with E-state index in [-0.39, 0.29) is 12.1 Å². The summed E-state index contributed by atoms with van der Waals surface area (Å²) in [6.45, 7) is 17.4. The highest BCUT2D eigenvalue weighted by molar-refractivity contribution is 5.93. The summed E-state index contributed by atoms with van der Waals surface area (Å²) in [7, 11) is 0. The Hall–Kier alpha value is -2.94. The van der Waals surface area contributed by atoms with Crippen molar-refractivity contribution in [2.75, 3.05) is 0 Å². The minimum absolute atomic E-state index is 0.233. The summed E-state index contributed by atoms with van der Waals surface area (Å²) < 4.78 is 0. The van der Waals surface area contributed by atoms with Gasteiger partial charge in [0, 0.05) is 0 Å². The molecule has 0 bridgehead atoms. The van der Waals surface area contributed by atoms with Gasteiger partial charge < -0.3 is 5.21 Å². The van der Waals surface area contributed by atoms with E-state index in [2.05, 4.69) is 104 Å². The number of benzene rings is 4. The van der Waals surface area contributed by atoms with Crippen molar-refractivity contribution in [2.45, 2.75) is 67.5 Å². The summed E-state index contributed by atoms with van der Waals surface area (Å²) in [6, 6.07) is 17.4. The fourth-order valence-corrected chi connectivity index (χ4v) is 6.60. The van der Waals surface area contributed by atoms with E-state index in [4.69, 9.17) is 0 Å². The Labute approximate surface area is 203 Å². The van der Waals surface area contributed by atoms with Crippen molar-refractivity contribution in [2.24, 2.45) is 0 Å². The predicted molar refractivity (Wildman–Crippen MR) is 142 cm³/mol. The molecule has 2 atom stereocenters. The number of rotatable bonds is 2. The Morgan fingerprint density at radius 2 is 0.853 bits per heavy atom. The van der Waals surface area contributed by atoms with Gasteiger partial charge in [0.25, 0.3) is 0 Å². The van der Waals surface area contributed by atoms with Crippen LogP contribution >= 0.6 is 0 Å². The van der Waals surface area contributed by atoms with Crippen LogP contribution in [0.5, 0.6) is 0 Å². The van der Waals surface area contributed by atoms with E-state index in [1.165, 1.54) is 77.5 Å². The van der Waals surface area contributed by atoms with Crippen LogP contribution in [0.3, 0.4) is 0 Å². The molecule has 0 saturated carbocycles. The predicted octanol–water partition coefficient (Wildman–Crippen LogP) is 8.19. The first kappa shape index (κ1) is 22.8. The number of nitrogens with zero attached hydrogens (tertiary/aromatic N) is 1. The molecule has 5 rings (SSSR count). The first-order chi connectivity index (χ1) is 16.1. The van der Waals surface area contributed by atoms with Crippen molar-refractivity contribution >= 4 is 10.8 Å². The molecule has 2 nitrogen and oxygen atoms in total. The molecule has 0 aromatic heterocycles. The lowest BCUT2D eigenvalue weighted by molar-refractivity contribution is -0.145. The highest BCUT2D eigenvalue weighted by Crippen LogP contribution is 2.51. The van der Waals surface area contributed by atoms with Gasteiger partial charge in [0.1, 0.15) is 0 Å². The topological polar surface area (TPSA) is 23.5 Å². The highest BCUT2D eigenvalue weighted by Gasteiger charge is 2.41. The van der Waals surface area contributed by atoms with Crippen LogP contribution in [0.15, 0.2) is 48.5 Å². The van der Waals surface area contributed by atoms with Crippen LogP contribution in [0.2, 0.25) is 0 Å². The minimum Gasteiger partial charge on any atom is -0.312 e. The molecule has 0 saturated heterocycles. The molecule has 1 aliphatic heterocycles. The van der Waals surface area contributed by atoms with Crippen molar-refractivity contribution in [1.82, 2.24) is 5.06 Å². The Morgan fingerprint density at radius 3 is 1.21 bits per heavy atom. The molecule has 2 heteroatoms. The zero-order valence-corrected chi connectivity index (χ0v) is 21.7. The van der Waals surface area contributed by atoms with E-state index >= 15 is 0 Å². The summed E-state index contributed by atoms with van der Waals surface area (Å²) in [5.41, 5.74) is 14.7. The molecule has 0 spiro atoms. The molecular weight excluding hydrogens is 414 g/mol. The Balaban J connectivity index is 1.95. The van der Waals surface area contributed by atoms with Gasteiger partial charge in [0.15, 0.2) is 0 Å². The third-order valence-corrected chi connectivity index (χ3v) is 7.80. The maximum Gasteiger partial charge on any atom is 0.0874 e. The van der Waals surface area contributed by atoms with E-state index in [1.807, 2.05) is 0 Å². The molecule has 4 aromatic carbocycles. The van der Waals surface area contributed by atoms with Gasteiger partial charge in [0.05, 0.1) is 12.1 Å². The van der Waals surface area contributed by atoms with E-state index in [0.29, 0.717) is 0 Å². The van der Waals surface area contributed by atoms with E-state index in [9.17, 15) is 5.21 Å². The summed E-state index contributed by atoms with van der Waals surface area (Å²) in [5, 5.41) is 16.5. The molecule has 1 N–H and O–H groups in total. The standard InChI is InChI=1S/C32H35NO/c1-17-13-21(5)26(22(6)14-17)31-28-19(3)9-11-25-12-10-20(4)29(30(25)28)32(33(31)34)27-23(7)15-18(2)16-24(27)8/h9-16,31-32,34H,1-8H3. The largest absolute Gasteiger partial charge is 0.312 e. The first-order valence-corrected chi connectivity index (χ1v) is 12.3. The van der Waals surface area contributed by atoms with Crippen molar-refractivity contribution in [3.63, 3.8) is 0 Å². The van der Waals surface area contributed by atoms with Gasteiger partial charge in [-0.15, -0.1) is 0 Å². The van der Waals surface area contributed by atoms with Crippen LogP contribution < -0.4 is 0 Å². The lowest BCUT2D eigenvalue weighted by Gasteiger charge is -2.43. The molecule has 174 valence electrons. The van der Waals surface area contributed by atoms with Gasteiger partial charge in [-0.3, -0.25) is 0 Å². The van der Waals surface area contributed by atoms with E-state index in [0.717, 1.165) is 0 Å². The first-order valence-electron chi connectivity index (χ1n) is 12.3. The average molecular weight is 450 g/mol. The van der Waals surface area contributed by atoms with Crippen molar-refractivity contribution in [3.8, 4) is 0 Å². The van der Waals surface area contributed by atoms with Crippen LogP contribution in [0.4, 0.5) is 0 Å². The second-order valence-electron chi connectivity index (χ2n) is 10.5. The monoisotopic (exact) mass is 449 g/mol. The van der Waals surface area contributed by atoms with Crippen LogP contribution in [-0.4, -0.2) is 10.3 Å². The van der Waals surface area contributed by atoms with Gasteiger partial charge in [-0.25, -0.2) is 0 Å². The summed E-state index contributed by atoms with van der Waals surface area (Å²) >= 11 is 0. The van der Waals surface area contributed by atoms with Crippen molar-refractivity contribution < 1.29 is 5.21 Å². The molecule has 1 aliphatic rings. The molecule has 0 aliphatic carbocycles. The smallest absolute Gasteiger partial charge is 0.0874 e. The number of hydrogen-bond acceptors (Lipinski definition) is 2. The molecule has 34 heavy (non-hydrogen) atoms. The van der Waals surface area contributed by atoms with Gasteiger partial charge in [-0.1, -0.05) is 59.7 Å². The highest BCUT2D eigenvalue weighted by atomic mass is 16.5. The lowest BCUT2D eigenvalue weighted by atomic mass is 9.75. The number of hydrogen-bond donors (Lipinski definition) is 1. The quantitative estimate of drug-likeness (QED) is 0.333. The third kappa shape index (κ3) is 3.32. The third-order valence-electron chi connectivity index (χ3n) is 7.80. The second-order valence-corrected chi connectivity index (χ2v) is 10.5. The van der Waals surface area contributed by atoms with Gasteiger partial charge >= 0.3 is 0 Å². The van der Waals surface area contributed by atoms with E-state index < -0.39 is 0 Å². The average Bonchev–Trinajstić information content (AvgIpc) is 2.73. The van der Waals surface area contributed by atoms with Gasteiger partial charge in [0.2, 0.25) is 0 Å². The Bertz CT molecular complexity index is 1310. The number of aryl methyl sites for hydroxylation is 8. The molecule has 0 fully saturated rings. The molecule has 4 aromatic rings. The Morgan fingerprint density at radius 1 is 0.500 bits per heavy atom. The molecule has 1 heterocycles. The minimum atomic E-state index is -0.233. The Kier molecular flexibility index (Phi) is 5.42. The van der Waals surface area contributed by atoms with E-state index in [1.54, 1.807) is 5.06 Å². The fraction of sp³-hybridized carbons (Fsp3) is 0.312. The van der Waals surface area contributed by atoms with Gasteiger partial charge in [-0.05, 0) is 122 Å². The van der Waals surface area contributed by atoms with Crippen LogP contribution in [0.25, 0.3) is 10.8 Å². The molecule has 2 unspecified atom stereocenters. The van der Waals surface area contributed by atoms with Crippen molar-refractivity contribution in [3.05, 3.63) is 115 Å². The lowest BCUT2D eigenvalue weighted by Crippen LogP contribution is -2.37. The maximum absolute atomic E-state index is 12.3. The maximum atomic E-state index is 12.3. The summed E-state index contributed by atoms with van der Waals surface area (Å²) in [5.74, 6) is 0. The number of hydroxylamine groups is 2. The molecular formula is C32H35NO. The van der Waals surface area contributed by atoms with Crippen LogP contribution in [0, 0.1) is 55.4 Å². The molecule has 0 radical (unpaired) electrons. The summed E-state index contributed by atoms with van der Waals surface area (Å²) in [6.07, 6.45) is 0. The zero-order valence-electron chi connectivity index (χ0n) is 21.7. The van der Waals surface area contributed by atoms with Gasteiger partial charge in [-0.2, -0.15) is 5.06 Å². The SMILES string of the molecule is Cc1cc(C)c(C2c3c(C)ccc4ccc(C)c(c34)C(c3c(C)cc(C)cc3C)N2O)c(C)c1. The normalized spacial score (nSPS) is 18.0. The zero-order chi connectivity index (χ0) is 24.5.